The molecule has 0 bridgehead atoms. The summed E-state index contributed by atoms with van der Waals surface area (Å²) in [5.41, 5.74) is 1.68. The zero-order valence-corrected chi connectivity index (χ0v) is 14.3. The minimum Gasteiger partial charge on any atom is -0.356 e. The molecule has 1 N–H and O–H groups in total. The van der Waals surface area contributed by atoms with Crippen LogP contribution in [0, 0.1) is 0 Å². The van der Waals surface area contributed by atoms with E-state index in [0.717, 1.165) is 29.8 Å². The zero-order chi connectivity index (χ0) is 17.2. The van der Waals surface area contributed by atoms with E-state index in [1.807, 2.05) is 24.3 Å². The van der Waals surface area contributed by atoms with E-state index in [1.54, 1.807) is 18.3 Å². The predicted octanol–water partition coefficient (Wildman–Crippen LogP) is 3.84. The highest BCUT2D eigenvalue weighted by molar-refractivity contribution is 6.31. The van der Waals surface area contributed by atoms with Crippen molar-refractivity contribution in [2.45, 2.75) is 32.1 Å². The number of benzene rings is 1. The number of pyridine rings is 1. The molecule has 4 nitrogen and oxygen atoms in total. The molecule has 1 aromatic heterocycles. The summed E-state index contributed by atoms with van der Waals surface area (Å²) < 4.78 is 0. The summed E-state index contributed by atoms with van der Waals surface area (Å²) in [4.78, 5) is 27.6. The van der Waals surface area contributed by atoms with Gasteiger partial charge < -0.3 is 5.32 Å². The number of halogens is 1. The van der Waals surface area contributed by atoms with Crippen molar-refractivity contribution in [2.75, 3.05) is 6.54 Å². The fourth-order valence-electron chi connectivity index (χ4n) is 2.36. The van der Waals surface area contributed by atoms with Crippen LogP contribution in [-0.2, 0) is 11.2 Å². The summed E-state index contributed by atoms with van der Waals surface area (Å²) in [6.07, 6.45) is 6.29. The molecule has 0 atom stereocenters. The van der Waals surface area contributed by atoms with Crippen LogP contribution in [0.5, 0.6) is 0 Å². The first kappa shape index (κ1) is 18.1. The Kier molecular flexibility index (Phi) is 7.43. The Morgan fingerprint density at radius 3 is 2.62 bits per heavy atom. The molecule has 0 spiro atoms. The van der Waals surface area contributed by atoms with Crippen molar-refractivity contribution in [3.8, 4) is 0 Å². The summed E-state index contributed by atoms with van der Waals surface area (Å²) >= 11 is 6.10. The summed E-state index contributed by atoms with van der Waals surface area (Å²) in [7, 11) is 0. The Morgan fingerprint density at radius 1 is 1.04 bits per heavy atom. The number of Topliss-reactive ketones (excluding diaryl/α,β-unsaturated/α-hetero) is 1. The van der Waals surface area contributed by atoms with Crippen LogP contribution >= 0.6 is 11.6 Å². The maximum absolute atomic E-state index is 11.9. The lowest BCUT2D eigenvalue weighted by molar-refractivity contribution is -0.121. The molecule has 0 aliphatic carbocycles. The lowest BCUT2D eigenvalue weighted by atomic mass is 10.1. The number of rotatable bonds is 9. The summed E-state index contributed by atoms with van der Waals surface area (Å²) in [6.45, 7) is 0.615. The molecule has 0 aliphatic heterocycles. The Hall–Kier alpha value is -2.20. The monoisotopic (exact) mass is 344 g/mol. The van der Waals surface area contributed by atoms with Crippen molar-refractivity contribution in [3.05, 3.63) is 64.9 Å². The lowest BCUT2D eigenvalue weighted by Crippen LogP contribution is -2.24. The third-order valence-corrected chi connectivity index (χ3v) is 4.08. The number of unbranched alkanes of at least 4 members (excludes halogenated alkanes) is 1. The molecule has 24 heavy (non-hydrogen) atoms. The molecule has 2 aromatic rings. The normalized spacial score (nSPS) is 10.4. The largest absolute Gasteiger partial charge is 0.356 e. The molecule has 0 saturated carbocycles. The van der Waals surface area contributed by atoms with E-state index in [-0.39, 0.29) is 24.5 Å². The number of hydrogen-bond acceptors (Lipinski definition) is 3. The third-order valence-electron chi connectivity index (χ3n) is 3.72. The van der Waals surface area contributed by atoms with Crippen molar-refractivity contribution in [1.82, 2.24) is 10.3 Å². The van der Waals surface area contributed by atoms with Gasteiger partial charge in [-0.05, 0) is 43.0 Å². The van der Waals surface area contributed by atoms with Gasteiger partial charge in [0.15, 0.2) is 5.78 Å². The maximum atomic E-state index is 11.9. The number of amides is 1. The summed E-state index contributed by atoms with van der Waals surface area (Å²) in [5.74, 6) is -0.151. The van der Waals surface area contributed by atoms with Gasteiger partial charge in [0.1, 0.15) is 0 Å². The second-order valence-electron chi connectivity index (χ2n) is 5.56. The van der Waals surface area contributed by atoms with E-state index in [4.69, 9.17) is 11.6 Å². The Morgan fingerprint density at radius 2 is 1.88 bits per heavy atom. The third kappa shape index (κ3) is 6.13. The fraction of sp³-hybridized carbons (Fsp3) is 0.316. The van der Waals surface area contributed by atoms with E-state index >= 15 is 0 Å². The van der Waals surface area contributed by atoms with E-state index in [0.29, 0.717) is 12.1 Å². The van der Waals surface area contributed by atoms with E-state index < -0.39 is 0 Å². The van der Waals surface area contributed by atoms with Gasteiger partial charge in [0, 0.05) is 42.4 Å². The van der Waals surface area contributed by atoms with Crippen LogP contribution in [0.4, 0.5) is 0 Å². The van der Waals surface area contributed by atoms with Crippen molar-refractivity contribution in [2.24, 2.45) is 0 Å². The van der Waals surface area contributed by atoms with Crippen molar-refractivity contribution in [3.63, 3.8) is 0 Å². The first-order chi connectivity index (χ1) is 11.7. The molecule has 0 aliphatic rings. The molecular weight excluding hydrogens is 324 g/mol. The van der Waals surface area contributed by atoms with Gasteiger partial charge in [-0.25, -0.2) is 0 Å². The summed E-state index contributed by atoms with van der Waals surface area (Å²) in [5, 5.41) is 3.64. The minimum atomic E-state index is -0.0926. The van der Waals surface area contributed by atoms with Crippen molar-refractivity contribution in [1.29, 1.82) is 0 Å². The number of ketones is 1. The zero-order valence-electron chi connectivity index (χ0n) is 13.5. The molecular formula is C19H21ClN2O2. The van der Waals surface area contributed by atoms with Gasteiger partial charge in [-0.1, -0.05) is 29.8 Å². The molecule has 0 radical (unpaired) electrons. The van der Waals surface area contributed by atoms with Crippen LogP contribution in [0.3, 0.4) is 0 Å². The van der Waals surface area contributed by atoms with Crippen molar-refractivity contribution >= 4 is 23.3 Å². The molecule has 2 rings (SSSR count). The van der Waals surface area contributed by atoms with E-state index in [2.05, 4.69) is 10.3 Å². The fourth-order valence-corrected chi connectivity index (χ4v) is 2.59. The molecule has 0 unspecified atom stereocenters. The average Bonchev–Trinajstić information content (AvgIpc) is 2.61. The van der Waals surface area contributed by atoms with Crippen LogP contribution in [0.15, 0.2) is 48.8 Å². The second kappa shape index (κ2) is 9.83. The maximum Gasteiger partial charge on any atom is 0.220 e. The van der Waals surface area contributed by atoms with Crippen LogP contribution < -0.4 is 5.32 Å². The van der Waals surface area contributed by atoms with E-state index in [1.165, 1.54) is 6.20 Å². The number of aryl methyl sites for hydroxylation is 1. The van der Waals surface area contributed by atoms with Crippen molar-refractivity contribution < 1.29 is 9.59 Å². The molecule has 1 amide bonds. The van der Waals surface area contributed by atoms with E-state index in [9.17, 15) is 9.59 Å². The molecule has 126 valence electrons. The Balaban J connectivity index is 1.58. The number of carbonyl (C=O) groups excluding carboxylic acids is 2. The van der Waals surface area contributed by atoms with Gasteiger partial charge in [0.05, 0.1) is 0 Å². The summed E-state index contributed by atoms with van der Waals surface area (Å²) in [6, 6.07) is 11.2. The predicted molar refractivity (Wildman–Crippen MR) is 95.2 cm³/mol. The molecule has 1 aromatic carbocycles. The number of hydrogen-bond donors (Lipinski definition) is 1. The van der Waals surface area contributed by atoms with Gasteiger partial charge >= 0.3 is 0 Å². The minimum absolute atomic E-state index is 0.0584. The Labute approximate surface area is 147 Å². The topological polar surface area (TPSA) is 59.1 Å². The number of carbonyl (C=O) groups is 2. The molecule has 1 heterocycles. The quantitative estimate of drug-likeness (QED) is 0.555. The number of nitrogens with zero attached hydrogens (tertiary/aromatic N) is 1. The molecule has 0 fully saturated rings. The smallest absolute Gasteiger partial charge is 0.220 e. The Bertz CT molecular complexity index is 674. The lowest BCUT2D eigenvalue weighted by Gasteiger charge is -2.06. The molecule has 5 heteroatoms. The average molecular weight is 345 g/mol. The van der Waals surface area contributed by atoms with Gasteiger partial charge in [0.25, 0.3) is 0 Å². The standard InChI is InChI=1S/C19H21ClN2O2/c20-17-9-2-1-6-15(17)7-3-4-13-22-19(24)11-10-18(23)16-8-5-12-21-14-16/h1-2,5-6,8-9,12,14H,3-4,7,10-11,13H2,(H,22,24). The van der Waals surface area contributed by atoms with Crippen LogP contribution in [0.2, 0.25) is 5.02 Å². The van der Waals surface area contributed by atoms with Gasteiger partial charge in [0.2, 0.25) is 5.91 Å². The van der Waals surface area contributed by atoms with Crippen LogP contribution in [-0.4, -0.2) is 23.2 Å². The number of aromatic nitrogens is 1. The highest BCUT2D eigenvalue weighted by atomic mass is 35.5. The SMILES string of the molecule is O=C(CCC(=O)c1cccnc1)NCCCCc1ccccc1Cl. The highest BCUT2D eigenvalue weighted by Gasteiger charge is 2.09. The van der Waals surface area contributed by atoms with Crippen LogP contribution in [0.1, 0.15) is 41.6 Å². The first-order valence-electron chi connectivity index (χ1n) is 8.10. The second-order valence-corrected chi connectivity index (χ2v) is 5.97. The molecule has 0 saturated heterocycles. The number of nitrogens with one attached hydrogen (secondary N) is 1. The van der Waals surface area contributed by atoms with Gasteiger partial charge in [-0.2, -0.15) is 0 Å². The van der Waals surface area contributed by atoms with Gasteiger partial charge in [-0.3, -0.25) is 14.6 Å². The first-order valence-corrected chi connectivity index (χ1v) is 8.48. The highest BCUT2D eigenvalue weighted by Crippen LogP contribution is 2.16. The van der Waals surface area contributed by atoms with Crippen LogP contribution in [0.25, 0.3) is 0 Å². The van der Waals surface area contributed by atoms with Gasteiger partial charge in [-0.15, -0.1) is 0 Å².